The number of aromatic nitrogens is 1. The third-order valence-electron chi connectivity index (χ3n) is 2.09. The third kappa shape index (κ3) is 2.75. The maximum atomic E-state index is 12.6. The van der Waals surface area contributed by atoms with Gasteiger partial charge in [0, 0.05) is 6.07 Å². The van der Waals surface area contributed by atoms with Gasteiger partial charge in [-0.1, -0.05) is 11.6 Å². The molecule has 92 valence electrons. The average molecular weight is 268 g/mol. The van der Waals surface area contributed by atoms with Gasteiger partial charge in [0.15, 0.2) is 0 Å². The highest BCUT2D eigenvalue weighted by atomic mass is 35.5. The minimum absolute atomic E-state index is 0.0550. The summed E-state index contributed by atoms with van der Waals surface area (Å²) in [6.07, 6.45) is 1.01. The van der Waals surface area contributed by atoms with Crippen molar-refractivity contribution >= 4 is 17.6 Å². The highest BCUT2D eigenvalue weighted by Gasteiger charge is 2.09. The zero-order valence-electron chi connectivity index (χ0n) is 8.93. The van der Waals surface area contributed by atoms with E-state index in [9.17, 15) is 9.18 Å². The maximum absolute atomic E-state index is 12.6. The molecular weight excluding hydrogens is 261 g/mol. The summed E-state index contributed by atoms with van der Waals surface area (Å²) in [5.41, 5.74) is 0.0550. The van der Waals surface area contributed by atoms with Gasteiger partial charge in [0.25, 0.3) is 0 Å². The summed E-state index contributed by atoms with van der Waals surface area (Å²) in [6, 6.07) is 6.57. The van der Waals surface area contributed by atoms with Crippen LogP contribution < -0.4 is 4.74 Å². The molecule has 2 rings (SSSR count). The fourth-order valence-electron chi connectivity index (χ4n) is 1.25. The van der Waals surface area contributed by atoms with Crippen LogP contribution in [0, 0.1) is 5.82 Å². The van der Waals surface area contributed by atoms with Crippen LogP contribution in [0.15, 0.2) is 36.5 Å². The lowest BCUT2D eigenvalue weighted by atomic mass is 10.2. The van der Waals surface area contributed by atoms with Gasteiger partial charge in [0.1, 0.15) is 11.6 Å². The van der Waals surface area contributed by atoms with Crippen LogP contribution >= 0.6 is 11.6 Å². The number of hydrogen-bond acceptors (Lipinski definition) is 3. The van der Waals surface area contributed by atoms with E-state index in [1.807, 2.05) is 0 Å². The zero-order chi connectivity index (χ0) is 13.1. The average Bonchev–Trinajstić information content (AvgIpc) is 2.34. The Morgan fingerprint density at radius 1 is 1.33 bits per heavy atom. The molecule has 0 aliphatic carbocycles. The molecule has 0 fully saturated rings. The first kappa shape index (κ1) is 12.3. The molecule has 1 aromatic carbocycles. The number of rotatable bonds is 3. The van der Waals surface area contributed by atoms with Crippen molar-refractivity contribution in [3.63, 3.8) is 0 Å². The lowest BCUT2D eigenvalue weighted by Gasteiger charge is -2.06. The van der Waals surface area contributed by atoms with Crippen molar-refractivity contribution in [2.75, 3.05) is 0 Å². The second-order valence-electron chi connectivity index (χ2n) is 3.37. The molecule has 0 saturated carbocycles. The van der Waals surface area contributed by atoms with Crippen LogP contribution in [0.4, 0.5) is 4.39 Å². The van der Waals surface area contributed by atoms with Crippen LogP contribution in [-0.2, 0) is 0 Å². The number of benzene rings is 1. The Bertz CT molecular complexity index is 586. The van der Waals surface area contributed by atoms with Crippen molar-refractivity contribution < 1.29 is 19.0 Å². The maximum Gasteiger partial charge on any atom is 0.335 e. The van der Waals surface area contributed by atoms with Crippen LogP contribution in [-0.4, -0.2) is 16.1 Å². The van der Waals surface area contributed by atoms with Crippen LogP contribution in [0.25, 0.3) is 0 Å². The van der Waals surface area contributed by atoms with E-state index in [-0.39, 0.29) is 22.2 Å². The molecule has 0 radical (unpaired) electrons. The number of carbonyl (C=O) groups is 1. The van der Waals surface area contributed by atoms with Gasteiger partial charge in [-0.3, -0.25) is 0 Å². The molecule has 2 aromatic rings. The predicted molar refractivity (Wildman–Crippen MR) is 62.7 cm³/mol. The van der Waals surface area contributed by atoms with E-state index in [1.54, 1.807) is 0 Å². The second kappa shape index (κ2) is 5.01. The fourth-order valence-corrected chi connectivity index (χ4v) is 1.47. The van der Waals surface area contributed by atoms with E-state index in [1.165, 1.54) is 30.3 Å². The molecule has 0 amide bonds. The molecule has 0 aliphatic rings. The standard InChI is InChI=1S/C12H7ClFNO3/c13-9-5-7(12(16)17)1-3-10(9)18-11-4-2-8(14)6-15-11/h1-6H,(H,16,17). The van der Waals surface area contributed by atoms with E-state index in [4.69, 9.17) is 21.4 Å². The Morgan fingerprint density at radius 3 is 2.67 bits per heavy atom. The highest BCUT2D eigenvalue weighted by molar-refractivity contribution is 6.32. The van der Waals surface area contributed by atoms with Crippen LogP contribution in [0.1, 0.15) is 10.4 Å². The minimum Gasteiger partial charge on any atom is -0.478 e. The summed E-state index contributed by atoms with van der Waals surface area (Å²) >= 11 is 5.86. The predicted octanol–water partition coefficient (Wildman–Crippen LogP) is 3.36. The molecule has 4 nitrogen and oxygen atoms in total. The normalized spacial score (nSPS) is 10.1. The molecule has 1 heterocycles. The topological polar surface area (TPSA) is 59.4 Å². The Balaban J connectivity index is 2.24. The summed E-state index contributed by atoms with van der Waals surface area (Å²) < 4.78 is 17.9. The third-order valence-corrected chi connectivity index (χ3v) is 2.39. The first-order chi connectivity index (χ1) is 8.56. The largest absolute Gasteiger partial charge is 0.478 e. The van der Waals surface area contributed by atoms with Gasteiger partial charge in [-0.15, -0.1) is 0 Å². The molecule has 0 atom stereocenters. The van der Waals surface area contributed by atoms with Crippen molar-refractivity contribution in [1.82, 2.24) is 4.98 Å². The summed E-state index contributed by atoms with van der Waals surface area (Å²) in [4.78, 5) is 14.4. The Labute approximate surface area is 107 Å². The van der Waals surface area contributed by atoms with Crippen LogP contribution in [0.5, 0.6) is 11.6 Å². The highest BCUT2D eigenvalue weighted by Crippen LogP contribution is 2.29. The van der Waals surface area contributed by atoms with Gasteiger partial charge in [-0.2, -0.15) is 0 Å². The minimum atomic E-state index is -1.08. The summed E-state index contributed by atoms with van der Waals surface area (Å²) in [5.74, 6) is -1.14. The first-order valence-corrected chi connectivity index (χ1v) is 5.26. The summed E-state index contributed by atoms with van der Waals surface area (Å²) in [7, 11) is 0. The second-order valence-corrected chi connectivity index (χ2v) is 3.77. The summed E-state index contributed by atoms with van der Waals surface area (Å²) in [5, 5.41) is 8.91. The Hall–Kier alpha value is -2.14. The molecule has 1 aromatic heterocycles. The zero-order valence-corrected chi connectivity index (χ0v) is 9.69. The number of carboxylic acid groups (broad SMARTS) is 1. The van der Waals surface area contributed by atoms with Crippen LogP contribution in [0.2, 0.25) is 5.02 Å². The molecule has 1 N–H and O–H groups in total. The van der Waals surface area contributed by atoms with Crippen molar-refractivity contribution in [3.8, 4) is 11.6 Å². The van der Waals surface area contributed by atoms with Crippen molar-refractivity contribution in [2.45, 2.75) is 0 Å². The molecule has 0 bridgehead atoms. The number of aromatic carboxylic acids is 1. The number of ether oxygens (including phenoxy) is 1. The first-order valence-electron chi connectivity index (χ1n) is 4.88. The van der Waals surface area contributed by atoms with E-state index < -0.39 is 11.8 Å². The van der Waals surface area contributed by atoms with Crippen LogP contribution in [0.3, 0.4) is 0 Å². The Kier molecular flexibility index (Phi) is 3.43. The number of hydrogen-bond donors (Lipinski definition) is 1. The Morgan fingerprint density at radius 2 is 2.11 bits per heavy atom. The lowest BCUT2D eigenvalue weighted by molar-refractivity contribution is 0.0697. The van der Waals surface area contributed by atoms with E-state index >= 15 is 0 Å². The fraction of sp³-hybridized carbons (Fsp3) is 0. The molecule has 0 unspecified atom stereocenters. The quantitative estimate of drug-likeness (QED) is 0.926. The number of pyridine rings is 1. The van der Waals surface area contributed by atoms with E-state index in [0.29, 0.717) is 0 Å². The van der Waals surface area contributed by atoms with Crippen molar-refractivity contribution in [1.29, 1.82) is 0 Å². The molecule has 6 heteroatoms. The van der Waals surface area contributed by atoms with Gasteiger partial charge in [0.2, 0.25) is 5.88 Å². The van der Waals surface area contributed by atoms with E-state index in [0.717, 1.165) is 6.20 Å². The van der Waals surface area contributed by atoms with Gasteiger partial charge in [-0.25, -0.2) is 14.2 Å². The number of carboxylic acids is 1. The molecule has 18 heavy (non-hydrogen) atoms. The molecule has 0 saturated heterocycles. The van der Waals surface area contributed by atoms with Gasteiger partial charge in [0.05, 0.1) is 16.8 Å². The van der Waals surface area contributed by atoms with Crippen molar-refractivity contribution in [3.05, 3.63) is 52.9 Å². The smallest absolute Gasteiger partial charge is 0.335 e. The SMILES string of the molecule is O=C(O)c1ccc(Oc2ccc(F)cn2)c(Cl)c1. The number of nitrogens with zero attached hydrogens (tertiary/aromatic N) is 1. The lowest BCUT2D eigenvalue weighted by Crippen LogP contribution is -1.96. The monoisotopic (exact) mass is 267 g/mol. The molecular formula is C12H7ClFNO3. The van der Waals surface area contributed by atoms with E-state index in [2.05, 4.69) is 4.98 Å². The summed E-state index contributed by atoms with van der Waals surface area (Å²) in [6.45, 7) is 0. The number of halogens is 2. The molecule has 0 spiro atoms. The van der Waals surface area contributed by atoms with Gasteiger partial charge < -0.3 is 9.84 Å². The van der Waals surface area contributed by atoms with Crippen molar-refractivity contribution in [2.24, 2.45) is 0 Å². The molecule has 0 aliphatic heterocycles. The van der Waals surface area contributed by atoms with Gasteiger partial charge in [-0.05, 0) is 24.3 Å². The van der Waals surface area contributed by atoms with Gasteiger partial charge >= 0.3 is 5.97 Å².